The standard InChI is InChI=1S/C21H16ClN3O5/c1-12(26)24-15-5-2-13(3-6-15)20(27)25-23-11-16-7-9-19(30-16)14-4-8-17(21(28)29)18(22)10-14/h2-11H,1H3,(H,24,26)(H,25,27)(H,28,29). The van der Waals surface area contributed by atoms with Crippen molar-refractivity contribution in [2.45, 2.75) is 6.92 Å². The number of benzene rings is 2. The van der Waals surface area contributed by atoms with Crippen molar-refractivity contribution in [2.75, 3.05) is 5.32 Å². The van der Waals surface area contributed by atoms with Crippen molar-refractivity contribution in [1.82, 2.24) is 5.43 Å². The maximum atomic E-state index is 12.1. The van der Waals surface area contributed by atoms with Gasteiger partial charge in [-0.15, -0.1) is 0 Å². The van der Waals surface area contributed by atoms with Crippen LogP contribution in [0.25, 0.3) is 11.3 Å². The van der Waals surface area contributed by atoms with Crippen molar-refractivity contribution in [3.63, 3.8) is 0 Å². The molecule has 3 N–H and O–H groups in total. The summed E-state index contributed by atoms with van der Waals surface area (Å²) in [5, 5.41) is 15.6. The lowest BCUT2D eigenvalue weighted by molar-refractivity contribution is -0.114. The fourth-order valence-corrected chi connectivity index (χ4v) is 2.81. The monoisotopic (exact) mass is 425 g/mol. The maximum absolute atomic E-state index is 12.1. The molecule has 0 saturated heterocycles. The molecule has 3 rings (SSSR count). The smallest absolute Gasteiger partial charge is 0.337 e. The van der Waals surface area contributed by atoms with E-state index in [0.717, 1.165) is 0 Å². The number of rotatable bonds is 6. The number of carbonyl (C=O) groups excluding carboxylic acids is 2. The van der Waals surface area contributed by atoms with Crippen molar-refractivity contribution >= 4 is 41.3 Å². The zero-order valence-corrected chi connectivity index (χ0v) is 16.4. The second-order valence-corrected chi connectivity index (χ2v) is 6.57. The zero-order chi connectivity index (χ0) is 21.7. The predicted octanol–water partition coefficient (Wildman–Crippen LogP) is 4.02. The zero-order valence-electron chi connectivity index (χ0n) is 15.7. The van der Waals surface area contributed by atoms with Gasteiger partial charge in [0.25, 0.3) is 5.91 Å². The normalized spacial score (nSPS) is 10.7. The molecule has 1 heterocycles. The third-order valence-electron chi connectivity index (χ3n) is 3.94. The second kappa shape index (κ2) is 9.06. The van der Waals surface area contributed by atoms with Gasteiger partial charge in [-0.05, 0) is 48.5 Å². The van der Waals surface area contributed by atoms with Crippen LogP contribution >= 0.6 is 11.6 Å². The molecule has 8 nitrogen and oxygen atoms in total. The lowest BCUT2D eigenvalue weighted by Crippen LogP contribution is -2.17. The highest BCUT2D eigenvalue weighted by Gasteiger charge is 2.11. The highest BCUT2D eigenvalue weighted by Crippen LogP contribution is 2.27. The molecule has 152 valence electrons. The Morgan fingerprint density at radius 2 is 1.80 bits per heavy atom. The van der Waals surface area contributed by atoms with Crippen LogP contribution < -0.4 is 10.7 Å². The van der Waals surface area contributed by atoms with E-state index in [2.05, 4.69) is 15.8 Å². The van der Waals surface area contributed by atoms with Gasteiger partial charge >= 0.3 is 5.97 Å². The fraction of sp³-hybridized carbons (Fsp3) is 0.0476. The molecule has 9 heteroatoms. The predicted molar refractivity (Wildman–Crippen MR) is 112 cm³/mol. The van der Waals surface area contributed by atoms with E-state index in [1.54, 1.807) is 42.5 Å². The van der Waals surface area contributed by atoms with Gasteiger partial charge in [0, 0.05) is 23.7 Å². The summed E-state index contributed by atoms with van der Waals surface area (Å²) >= 11 is 5.98. The number of hydrazone groups is 1. The highest BCUT2D eigenvalue weighted by molar-refractivity contribution is 6.33. The topological polar surface area (TPSA) is 121 Å². The number of carbonyl (C=O) groups is 3. The van der Waals surface area contributed by atoms with Crippen LogP contribution in [0.15, 0.2) is 64.1 Å². The van der Waals surface area contributed by atoms with Crippen LogP contribution in [-0.4, -0.2) is 29.1 Å². The van der Waals surface area contributed by atoms with Gasteiger partial charge in [0.05, 0.1) is 16.8 Å². The molecule has 0 radical (unpaired) electrons. The molecule has 0 aliphatic carbocycles. The Balaban J connectivity index is 1.63. The molecule has 0 unspecified atom stereocenters. The lowest BCUT2D eigenvalue weighted by atomic mass is 10.1. The van der Waals surface area contributed by atoms with Crippen molar-refractivity contribution < 1.29 is 23.9 Å². The number of amides is 2. The molecule has 1 aromatic heterocycles. The number of furan rings is 1. The summed E-state index contributed by atoms with van der Waals surface area (Å²) in [6, 6.07) is 14.1. The number of nitrogens with zero attached hydrogens (tertiary/aromatic N) is 1. The van der Waals surface area contributed by atoms with Crippen LogP contribution in [-0.2, 0) is 4.79 Å². The quantitative estimate of drug-likeness (QED) is 0.407. The van der Waals surface area contributed by atoms with E-state index in [1.165, 1.54) is 25.3 Å². The maximum Gasteiger partial charge on any atom is 0.337 e. The summed E-state index contributed by atoms with van der Waals surface area (Å²) in [6.07, 6.45) is 1.33. The SMILES string of the molecule is CC(=O)Nc1ccc(C(=O)NN=Cc2ccc(-c3ccc(C(=O)O)c(Cl)c3)o2)cc1. The van der Waals surface area contributed by atoms with Crippen molar-refractivity contribution in [3.05, 3.63) is 76.5 Å². The molecule has 3 aromatic rings. The van der Waals surface area contributed by atoms with Gasteiger partial charge in [-0.25, -0.2) is 10.2 Å². The average Bonchev–Trinajstić information content (AvgIpc) is 3.16. The van der Waals surface area contributed by atoms with Gasteiger partial charge in [-0.1, -0.05) is 17.7 Å². The minimum atomic E-state index is -1.11. The number of hydrogen-bond donors (Lipinski definition) is 3. The van der Waals surface area contributed by atoms with E-state index in [9.17, 15) is 14.4 Å². The van der Waals surface area contributed by atoms with E-state index in [-0.39, 0.29) is 16.5 Å². The van der Waals surface area contributed by atoms with Crippen molar-refractivity contribution in [1.29, 1.82) is 0 Å². The van der Waals surface area contributed by atoms with Crippen LogP contribution in [0.5, 0.6) is 0 Å². The minimum Gasteiger partial charge on any atom is -0.478 e. The van der Waals surface area contributed by atoms with Crippen molar-refractivity contribution in [3.8, 4) is 11.3 Å². The lowest BCUT2D eigenvalue weighted by Gasteiger charge is -2.03. The van der Waals surface area contributed by atoms with Gasteiger partial charge in [0.15, 0.2) is 0 Å². The first-order valence-electron chi connectivity index (χ1n) is 8.67. The van der Waals surface area contributed by atoms with Gasteiger partial charge in [0.2, 0.25) is 5.91 Å². The van der Waals surface area contributed by atoms with E-state index in [1.807, 2.05) is 0 Å². The molecule has 0 saturated carbocycles. The van der Waals surface area contributed by atoms with E-state index in [4.69, 9.17) is 21.1 Å². The molecule has 0 atom stereocenters. The van der Waals surface area contributed by atoms with E-state index in [0.29, 0.717) is 28.3 Å². The van der Waals surface area contributed by atoms with Crippen LogP contribution in [0.1, 0.15) is 33.4 Å². The Morgan fingerprint density at radius 3 is 2.43 bits per heavy atom. The Morgan fingerprint density at radius 1 is 1.07 bits per heavy atom. The largest absolute Gasteiger partial charge is 0.478 e. The Kier molecular flexibility index (Phi) is 6.29. The number of carboxylic acids is 1. The third kappa shape index (κ3) is 5.12. The van der Waals surface area contributed by atoms with E-state index < -0.39 is 11.9 Å². The molecule has 0 aliphatic rings. The molecule has 0 fully saturated rings. The molecule has 0 bridgehead atoms. The minimum absolute atomic E-state index is 0.00146. The molecular weight excluding hydrogens is 410 g/mol. The molecule has 30 heavy (non-hydrogen) atoms. The fourth-order valence-electron chi connectivity index (χ4n) is 2.55. The number of hydrogen-bond acceptors (Lipinski definition) is 5. The Hall–Kier alpha value is -3.91. The molecule has 0 spiro atoms. The van der Waals surface area contributed by atoms with Gasteiger partial charge < -0.3 is 14.8 Å². The summed E-state index contributed by atoms with van der Waals surface area (Å²) in [7, 11) is 0. The second-order valence-electron chi connectivity index (χ2n) is 6.16. The number of halogens is 1. The summed E-state index contributed by atoms with van der Waals surface area (Å²) < 4.78 is 5.62. The first kappa shape index (κ1) is 20.8. The van der Waals surface area contributed by atoms with Gasteiger partial charge in [0.1, 0.15) is 11.5 Å². The number of nitrogens with one attached hydrogen (secondary N) is 2. The Labute approximate surface area is 176 Å². The third-order valence-corrected chi connectivity index (χ3v) is 4.25. The number of carboxylic acid groups (broad SMARTS) is 1. The van der Waals surface area contributed by atoms with Crippen LogP contribution in [0.3, 0.4) is 0 Å². The molecule has 2 aromatic carbocycles. The first-order chi connectivity index (χ1) is 14.3. The van der Waals surface area contributed by atoms with Gasteiger partial charge in [-0.2, -0.15) is 5.10 Å². The molecule has 2 amide bonds. The summed E-state index contributed by atoms with van der Waals surface area (Å²) in [4.78, 5) is 34.2. The highest BCUT2D eigenvalue weighted by atomic mass is 35.5. The van der Waals surface area contributed by atoms with Crippen LogP contribution in [0, 0.1) is 0 Å². The Bertz CT molecular complexity index is 1140. The van der Waals surface area contributed by atoms with Crippen molar-refractivity contribution in [2.24, 2.45) is 5.10 Å². The number of aromatic carboxylic acids is 1. The summed E-state index contributed by atoms with van der Waals surface area (Å²) in [5.74, 6) is -0.891. The molecule has 0 aliphatic heterocycles. The molecular formula is C21H16ClN3O5. The van der Waals surface area contributed by atoms with Crippen LogP contribution in [0.2, 0.25) is 5.02 Å². The summed E-state index contributed by atoms with van der Waals surface area (Å²) in [6.45, 7) is 1.40. The van der Waals surface area contributed by atoms with Gasteiger partial charge in [-0.3, -0.25) is 9.59 Å². The first-order valence-corrected chi connectivity index (χ1v) is 9.05. The number of anilines is 1. The summed E-state index contributed by atoms with van der Waals surface area (Å²) in [5.41, 5.74) is 3.94. The van der Waals surface area contributed by atoms with Crippen LogP contribution in [0.4, 0.5) is 5.69 Å². The average molecular weight is 426 g/mol. The van der Waals surface area contributed by atoms with E-state index >= 15 is 0 Å².